The molecule has 0 radical (unpaired) electrons. The average Bonchev–Trinajstić information content (AvgIpc) is 2.56. The second kappa shape index (κ2) is 10.9. The number of amides is 1. The van der Waals surface area contributed by atoms with E-state index in [1.165, 1.54) is 0 Å². The summed E-state index contributed by atoms with van der Waals surface area (Å²) in [4.78, 5) is 14.4. The van der Waals surface area contributed by atoms with E-state index in [0.717, 1.165) is 5.56 Å². The molecule has 0 atom stereocenters. The fourth-order valence-corrected chi connectivity index (χ4v) is 2.58. The second-order valence-corrected chi connectivity index (χ2v) is 5.81. The minimum atomic E-state index is -0.139. The van der Waals surface area contributed by atoms with Gasteiger partial charge in [0.15, 0.2) is 0 Å². The lowest BCUT2D eigenvalue weighted by Gasteiger charge is -2.21. The molecule has 2 aromatic carbocycles. The number of nitrogens with two attached hydrogens (primary N) is 1. The Hall–Kier alpha value is -1.79. The lowest BCUT2D eigenvalue weighted by Crippen LogP contribution is -2.36. The van der Waals surface area contributed by atoms with Gasteiger partial charge in [-0.25, -0.2) is 0 Å². The normalized spacial score (nSPS) is 10.2. The average molecular weight is 384 g/mol. The van der Waals surface area contributed by atoms with Crippen LogP contribution in [0.4, 0.5) is 5.69 Å². The first-order chi connectivity index (χ1) is 11.6. The second-order valence-electron chi connectivity index (χ2n) is 5.38. The lowest BCUT2D eigenvalue weighted by molar-refractivity contribution is -0.117. The predicted molar refractivity (Wildman–Crippen MR) is 105 cm³/mol. The highest BCUT2D eigenvalue weighted by Crippen LogP contribution is 2.27. The number of halogens is 2. The van der Waals surface area contributed by atoms with Gasteiger partial charge in [0.25, 0.3) is 0 Å². The van der Waals surface area contributed by atoms with Gasteiger partial charge in [0.1, 0.15) is 5.75 Å². The lowest BCUT2D eigenvalue weighted by atomic mass is 10.2. The summed E-state index contributed by atoms with van der Waals surface area (Å²) in [5.41, 5.74) is 7.36. The van der Waals surface area contributed by atoms with Crippen LogP contribution in [0, 0.1) is 0 Å². The summed E-state index contributed by atoms with van der Waals surface area (Å²) < 4.78 is 5.24. The first-order valence-corrected chi connectivity index (χ1v) is 8.10. The van der Waals surface area contributed by atoms with Crippen molar-refractivity contribution in [3.05, 3.63) is 59.1 Å². The van der Waals surface area contributed by atoms with Gasteiger partial charge in [-0.2, -0.15) is 0 Å². The van der Waals surface area contributed by atoms with Crippen LogP contribution in [0.2, 0.25) is 5.02 Å². The van der Waals surface area contributed by atoms with Crippen LogP contribution < -0.4 is 15.8 Å². The van der Waals surface area contributed by atoms with E-state index in [-0.39, 0.29) is 24.9 Å². The molecule has 0 aromatic heterocycles. The summed E-state index contributed by atoms with van der Waals surface area (Å²) in [5, 5.41) is 3.38. The van der Waals surface area contributed by atoms with E-state index < -0.39 is 0 Å². The van der Waals surface area contributed by atoms with Crippen molar-refractivity contribution in [1.29, 1.82) is 0 Å². The van der Waals surface area contributed by atoms with Gasteiger partial charge in [-0.15, -0.1) is 12.4 Å². The number of nitrogens with zero attached hydrogens (tertiary/aromatic N) is 1. The predicted octanol–water partition coefficient (Wildman–Crippen LogP) is 3.17. The van der Waals surface area contributed by atoms with Crippen molar-refractivity contribution < 1.29 is 9.53 Å². The first-order valence-electron chi connectivity index (χ1n) is 7.72. The highest BCUT2D eigenvalue weighted by molar-refractivity contribution is 6.31. The van der Waals surface area contributed by atoms with Crippen LogP contribution in [0.5, 0.6) is 5.75 Å². The zero-order chi connectivity index (χ0) is 17.4. The van der Waals surface area contributed by atoms with Crippen molar-refractivity contribution in [2.45, 2.75) is 6.54 Å². The summed E-state index contributed by atoms with van der Waals surface area (Å²) in [6.45, 7) is 2.02. The van der Waals surface area contributed by atoms with Crippen LogP contribution in [-0.4, -0.2) is 37.6 Å². The number of anilines is 1. The maximum atomic E-state index is 12.4. The maximum absolute atomic E-state index is 12.4. The van der Waals surface area contributed by atoms with E-state index in [9.17, 15) is 4.79 Å². The van der Waals surface area contributed by atoms with Crippen LogP contribution in [0.3, 0.4) is 0 Å². The standard InChI is InChI=1S/C18H22ClN3O2.ClH/c1-24-17-8-7-15(19)11-16(17)21-18(23)13-22(10-9-20)12-14-5-3-2-4-6-14;/h2-8,11H,9-10,12-13,20H2,1H3,(H,21,23);1H. The number of methoxy groups -OCH3 is 1. The topological polar surface area (TPSA) is 67.6 Å². The zero-order valence-electron chi connectivity index (χ0n) is 14.1. The number of hydrogen-bond acceptors (Lipinski definition) is 4. The number of rotatable bonds is 8. The van der Waals surface area contributed by atoms with Crippen molar-refractivity contribution >= 4 is 35.6 Å². The molecule has 25 heavy (non-hydrogen) atoms. The van der Waals surface area contributed by atoms with Crippen molar-refractivity contribution in [3.63, 3.8) is 0 Å². The molecule has 2 aromatic rings. The van der Waals surface area contributed by atoms with Crippen molar-refractivity contribution in [2.24, 2.45) is 5.73 Å². The SMILES string of the molecule is COc1ccc(Cl)cc1NC(=O)CN(CCN)Cc1ccccc1.Cl. The van der Waals surface area contributed by atoms with Crippen LogP contribution in [0.15, 0.2) is 48.5 Å². The fourth-order valence-electron chi connectivity index (χ4n) is 2.41. The quantitative estimate of drug-likeness (QED) is 0.734. The van der Waals surface area contributed by atoms with Gasteiger partial charge in [-0.1, -0.05) is 41.9 Å². The van der Waals surface area contributed by atoms with E-state index >= 15 is 0 Å². The Balaban J connectivity index is 0.00000312. The molecule has 0 unspecified atom stereocenters. The number of nitrogens with one attached hydrogen (secondary N) is 1. The van der Waals surface area contributed by atoms with E-state index in [1.807, 2.05) is 35.2 Å². The summed E-state index contributed by atoms with van der Waals surface area (Å²) in [6, 6.07) is 15.1. The maximum Gasteiger partial charge on any atom is 0.238 e. The number of hydrogen-bond donors (Lipinski definition) is 2. The Morgan fingerprint density at radius 3 is 2.60 bits per heavy atom. The molecule has 2 rings (SSSR count). The van der Waals surface area contributed by atoms with Gasteiger partial charge in [0, 0.05) is 24.7 Å². The van der Waals surface area contributed by atoms with Gasteiger partial charge in [0.2, 0.25) is 5.91 Å². The Bertz CT molecular complexity index is 669. The Morgan fingerprint density at radius 2 is 1.96 bits per heavy atom. The van der Waals surface area contributed by atoms with Gasteiger partial charge in [-0.3, -0.25) is 9.69 Å². The van der Waals surface area contributed by atoms with Crippen molar-refractivity contribution in [2.75, 3.05) is 32.1 Å². The van der Waals surface area contributed by atoms with Crippen LogP contribution >= 0.6 is 24.0 Å². The molecule has 7 heteroatoms. The van der Waals surface area contributed by atoms with E-state index in [4.69, 9.17) is 22.1 Å². The molecule has 0 spiro atoms. The summed E-state index contributed by atoms with van der Waals surface area (Å²) in [5.74, 6) is 0.432. The smallest absolute Gasteiger partial charge is 0.238 e. The van der Waals surface area contributed by atoms with E-state index in [2.05, 4.69) is 5.32 Å². The molecule has 136 valence electrons. The molecule has 0 heterocycles. The largest absolute Gasteiger partial charge is 0.495 e. The number of benzene rings is 2. The van der Waals surface area contributed by atoms with Crippen LogP contribution in [0.25, 0.3) is 0 Å². The molecule has 0 saturated heterocycles. The van der Waals surface area contributed by atoms with Crippen LogP contribution in [-0.2, 0) is 11.3 Å². The molecular weight excluding hydrogens is 361 g/mol. The molecule has 0 aliphatic rings. The van der Waals surface area contributed by atoms with E-state index in [1.54, 1.807) is 25.3 Å². The van der Waals surface area contributed by atoms with Gasteiger partial charge in [0.05, 0.1) is 19.3 Å². The van der Waals surface area contributed by atoms with Crippen LogP contribution in [0.1, 0.15) is 5.56 Å². The minimum absolute atomic E-state index is 0. The third-order valence-corrected chi connectivity index (χ3v) is 3.73. The number of carbonyl (C=O) groups is 1. The Morgan fingerprint density at radius 1 is 1.24 bits per heavy atom. The van der Waals surface area contributed by atoms with Crippen molar-refractivity contribution in [3.8, 4) is 5.75 Å². The zero-order valence-corrected chi connectivity index (χ0v) is 15.6. The molecule has 5 nitrogen and oxygen atoms in total. The molecule has 0 aliphatic heterocycles. The Labute approximate surface area is 159 Å². The molecule has 3 N–H and O–H groups in total. The number of ether oxygens (including phenoxy) is 1. The van der Waals surface area contributed by atoms with Crippen molar-refractivity contribution in [1.82, 2.24) is 4.90 Å². The summed E-state index contributed by atoms with van der Waals surface area (Å²) in [7, 11) is 1.55. The van der Waals surface area contributed by atoms with E-state index in [0.29, 0.717) is 36.1 Å². The third-order valence-electron chi connectivity index (χ3n) is 3.50. The highest BCUT2D eigenvalue weighted by atomic mass is 35.5. The molecule has 0 saturated carbocycles. The minimum Gasteiger partial charge on any atom is -0.495 e. The monoisotopic (exact) mass is 383 g/mol. The third kappa shape index (κ3) is 6.92. The first kappa shape index (κ1) is 21.3. The van der Waals surface area contributed by atoms with Gasteiger partial charge < -0.3 is 15.8 Å². The van der Waals surface area contributed by atoms with Gasteiger partial charge >= 0.3 is 0 Å². The summed E-state index contributed by atoms with van der Waals surface area (Å²) >= 11 is 5.99. The molecule has 0 aliphatic carbocycles. The highest BCUT2D eigenvalue weighted by Gasteiger charge is 2.13. The van der Waals surface area contributed by atoms with Gasteiger partial charge in [-0.05, 0) is 23.8 Å². The summed E-state index contributed by atoms with van der Waals surface area (Å²) in [6.07, 6.45) is 0. The molecule has 0 fully saturated rings. The molecule has 1 amide bonds. The fraction of sp³-hybridized carbons (Fsp3) is 0.278. The number of carbonyl (C=O) groups excluding carboxylic acids is 1. The Kier molecular flexibility index (Phi) is 9.31. The molecular formula is C18H23Cl2N3O2. The molecule has 0 bridgehead atoms.